The molecule has 15 heavy (non-hydrogen) atoms. The first-order chi connectivity index (χ1) is 7.11. The van der Waals surface area contributed by atoms with Gasteiger partial charge in [-0.2, -0.15) is 0 Å². The maximum atomic E-state index is 11.1. The van der Waals surface area contributed by atoms with Crippen LogP contribution in [0.4, 0.5) is 0 Å². The molecule has 0 spiro atoms. The van der Waals surface area contributed by atoms with Gasteiger partial charge in [0.2, 0.25) is 5.91 Å². The maximum absolute atomic E-state index is 11.1. The minimum atomic E-state index is -0.210. The van der Waals surface area contributed by atoms with Gasteiger partial charge in [0.25, 0.3) is 0 Å². The van der Waals surface area contributed by atoms with Crippen molar-refractivity contribution in [3.63, 3.8) is 0 Å². The van der Waals surface area contributed by atoms with E-state index in [2.05, 4.69) is 10.1 Å². The Hall–Kier alpha value is -1.10. The highest BCUT2D eigenvalue weighted by atomic mass is 16.6. The molecule has 2 aliphatic rings. The van der Waals surface area contributed by atoms with Gasteiger partial charge in [-0.15, -0.1) is 0 Å². The van der Waals surface area contributed by atoms with Gasteiger partial charge in [-0.3, -0.25) is 9.59 Å². The van der Waals surface area contributed by atoms with E-state index < -0.39 is 0 Å². The number of methoxy groups -OCH3 is 1. The average Bonchev–Trinajstić information content (AvgIpc) is 2.88. The van der Waals surface area contributed by atoms with Gasteiger partial charge in [-0.25, -0.2) is 0 Å². The number of carbonyl (C=O) groups excluding carboxylic acids is 2. The van der Waals surface area contributed by atoms with Crippen molar-refractivity contribution in [2.75, 3.05) is 7.11 Å². The van der Waals surface area contributed by atoms with Crippen molar-refractivity contribution < 1.29 is 19.1 Å². The second kappa shape index (κ2) is 3.81. The average molecular weight is 213 g/mol. The van der Waals surface area contributed by atoms with Crippen LogP contribution < -0.4 is 5.32 Å². The van der Waals surface area contributed by atoms with Crippen molar-refractivity contribution in [3.05, 3.63) is 0 Å². The standard InChI is InChI=1S/C10H15NO4/c1-5(12)11-7-3-6(4-8(13)14-2)9-10(7)15-9/h6-7,9-10H,3-4H2,1-2H3,(H,11,12)/t6-,7-,9+,10-/m1/s1. The molecule has 5 heteroatoms. The molecule has 2 rings (SSSR count). The summed E-state index contributed by atoms with van der Waals surface area (Å²) in [6, 6.07) is 0.0714. The van der Waals surface area contributed by atoms with E-state index in [1.54, 1.807) is 0 Å². The smallest absolute Gasteiger partial charge is 0.305 e. The fraction of sp³-hybridized carbons (Fsp3) is 0.800. The summed E-state index contributed by atoms with van der Waals surface area (Å²) in [6.45, 7) is 1.49. The number of nitrogens with one attached hydrogen (secondary N) is 1. The number of carbonyl (C=O) groups is 2. The molecule has 1 N–H and O–H groups in total. The van der Waals surface area contributed by atoms with Gasteiger partial charge in [0.1, 0.15) is 6.10 Å². The number of fused-ring (bicyclic) bond motifs is 1. The molecule has 2 fully saturated rings. The van der Waals surface area contributed by atoms with Crippen LogP contribution >= 0.6 is 0 Å². The normalized spacial score (nSPS) is 36.9. The second-order valence-electron chi connectivity index (χ2n) is 4.15. The van der Waals surface area contributed by atoms with Gasteiger partial charge in [0, 0.05) is 12.8 Å². The number of amides is 1. The Balaban J connectivity index is 1.86. The number of esters is 1. The van der Waals surface area contributed by atoms with Gasteiger partial charge in [0.05, 0.1) is 25.7 Å². The quantitative estimate of drug-likeness (QED) is 0.522. The zero-order valence-corrected chi connectivity index (χ0v) is 8.86. The number of hydrogen-bond donors (Lipinski definition) is 1. The zero-order chi connectivity index (χ0) is 11.0. The minimum absolute atomic E-state index is 0.0482. The lowest BCUT2D eigenvalue weighted by atomic mass is 10.0. The highest BCUT2D eigenvalue weighted by Gasteiger charge is 2.57. The summed E-state index contributed by atoms with van der Waals surface area (Å²) in [7, 11) is 1.38. The molecule has 0 aromatic rings. The highest BCUT2D eigenvalue weighted by molar-refractivity contribution is 5.73. The van der Waals surface area contributed by atoms with E-state index in [0.717, 1.165) is 6.42 Å². The molecule has 1 saturated heterocycles. The summed E-state index contributed by atoms with van der Waals surface area (Å²) in [4.78, 5) is 22.0. The number of ether oxygens (including phenoxy) is 2. The van der Waals surface area contributed by atoms with Crippen LogP contribution in [0.5, 0.6) is 0 Å². The van der Waals surface area contributed by atoms with Crippen molar-refractivity contribution in [2.45, 2.75) is 38.0 Å². The van der Waals surface area contributed by atoms with Crippen LogP contribution in [0, 0.1) is 5.92 Å². The highest BCUT2D eigenvalue weighted by Crippen LogP contribution is 2.44. The van der Waals surface area contributed by atoms with Crippen molar-refractivity contribution in [2.24, 2.45) is 5.92 Å². The summed E-state index contributed by atoms with van der Waals surface area (Å²) in [5.74, 6) is -0.0648. The van der Waals surface area contributed by atoms with Gasteiger partial charge in [-0.1, -0.05) is 0 Å². The lowest BCUT2D eigenvalue weighted by Crippen LogP contribution is -2.35. The topological polar surface area (TPSA) is 67.9 Å². The fourth-order valence-corrected chi connectivity index (χ4v) is 2.33. The van der Waals surface area contributed by atoms with Gasteiger partial charge in [0.15, 0.2) is 0 Å². The first-order valence-corrected chi connectivity index (χ1v) is 5.11. The third-order valence-electron chi connectivity index (χ3n) is 3.02. The molecule has 5 nitrogen and oxygen atoms in total. The fourth-order valence-electron chi connectivity index (χ4n) is 2.33. The van der Waals surface area contributed by atoms with Crippen LogP contribution in [-0.2, 0) is 19.1 Å². The lowest BCUT2D eigenvalue weighted by molar-refractivity contribution is -0.141. The van der Waals surface area contributed by atoms with Crippen molar-refractivity contribution in [1.82, 2.24) is 5.32 Å². The Bertz CT molecular complexity index is 291. The van der Waals surface area contributed by atoms with Crippen LogP contribution in [0.15, 0.2) is 0 Å². The van der Waals surface area contributed by atoms with E-state index in [-0.39, 0.29) is 36.0 Å². The molecule has 0 bridgehead atoms. The van der Waals surface area contributed by atoms with E-state index in [4.69, 9.17) is 4.74 Å². The molecule has 1 heterocycles. The summed E-state index contributed by atoms with van der Waals surface area (Å²) >= 11 is 0. The molecule has 1 aliphatic carbocycles. The maximum Gasteiger partial charge on any atom is 0.305 e. The molecular weight excluding hydrogens is 198 g/mol. The molecular formula is C10H15NO4. The molecule has 1 amide bonds. The van der Waals surface area contributed by atoms with E-state index in [9.17, 15) is 9.59 Å². The monoisotopic (exact) mass is 213 g/mol. The molecule has 1 aliphatic heterocycles. The van der Waals surface area contributed by atoms with E-state index >= 15 is 0 Å². The van der Waals surface area contributed by atoms with Crippen molar-refractivity contribution in [1.29, 1.82) is 0 Å². The third kappa shape index (κ3) is 2.12. The van der Waals surface area contributed by atoms with Crippen LogP contribution in [0.2, 0.25) is 0 Å². The Morgan fingerprint density at radius 3 is 2.80 bits per heavy atom. The lowest BCUT2D eigenvalue weighted by Gasteiger charge is -2.15. The number of epoxide rings is 1. The Morgan fingerprint density at radius 2 is 2.20 bits per heavy atom. The molecule has 0 radical (unpaired) electrons. The van der Waals surface area contributed by atoms with E-state index in [0.29, 0.717) is 6.42 Å². The minimum Gasteiger partial charge on any atom is -0.469 e. The first-order valence-electron chi connectivity index (χ1n) is 5.11. The predicted octanol–water partition coefficient (Wildman–Crippen LogP) is -0.159. The van der Waals surface area contributed by atoms with Crippen LogP contribution in [0.3, 0.4) is 0 Å². The van der Waals surface area contributed by atoms with Gasteiger partial charge < -0.3 is 14.8 Å². The molecule has 1 saturated carbocycles. The third-order valence-corrected chi connectivity index (χ3v) is 3.02. The second-order valence-corrected chi connectivity index (χ2v) is 4.15. The summed E-state index contributed by atoms with van der Waals surface area (Å²) < 4.78 is 10.0. The predicted molar refractivity (Wildman–Crippen MR) is 51.0 cm³/mol. The Labute approximate surface area is 88.1 Å². The number of rotatable bonds is 3. The van der Waals surface area contributed by atoms with Crippen molar-refractivity contribution >= 4 is 11.9 Å². The van der Waals surface area contributed by atoms with Crippen LogP contribution in [0.25, 0.3) is 0 Å². The summed E-state index contributed by atoms with van der Waals surface area (Å²) in [5, 5.41) is 2.84. The SMILES string of the molecule is COC(=O)C[C@H]1C[C@@H](NC(C)=O)[C@H]2O[C@@H]12. The number of hydrogen-bond acceptors (Lipinski definition) is 4. The van der Waals surface area contributed by atoms with Crippen LogP contribution in [-0.4, -0.2) is 37.2 Å². The molecule has 4 atom stereocenters. The van der Waals surface area contributed by atoms with E-state index in [1.165, 1.54) is 14.0 Å². The summed E-state index contributed by atoms with van der Waals surface area (Å²) in [5.41, 5.74) is 0. The Morgan fingerprint density at radius 1 is 1.47 bits per heavy atom. The Kier molecular flexibility index (Phi) is 2.65. The van der Waals surface area contributed by atoms with Crippen molar-refractivity contribution in [3.8, 4) is 0 Å². The molecule has 84 valence electrons. The zero-order valence-electron chi connectivity index (χ0n) is 8.86. The van der Waals surface area contributed by atoms with Crippen LogP contribution in [0.1, 0.15) is 19.8 Å². The van der Waals surface area contributed by atoms with Gasteiger partial charge >= 0.3 is 5.97 Å². The molecule has 0 aromatic carbocycles. The van der Waals surface area contributed by atoms with Gasteiger partial charge in [-0.05, 0) is 6.42 Å². The first kappa shape index (κ1) is 10.4. The summed E-state index contributed by atoms with van der Waals surface area (Å²) in [6.07, 6.45) is 1.45. The molecule has 0 unspecified atom stereocenters. The van der Waals surface area contributed by atoms with E-state index in [1.807, 2.05) is 0 Å². The molecule has 0 aromatic heterocycles. The largest absolute Gasteiger partial charge is 0.469 e.